The number of ether oxygens (including phenoxy) is 1. The monoisotopic (exact) mass is 400 g/mol. The molecule has 0 aromatic rings. The number of rotatable bonds is 10. The largest absolute Gasteiger partial charge is 0.481 e. The Morgan fingerprint density at radius 1 is 1.04 bits per heavy atom. The van der Waals surface area contributed by atoms with Crippen molar-refractivity contribution in [3.8, 4) is 0 Å². The molecule has 1 amide bonds. The van der Waals surface area contributed by atoms with Crippen molar-refractivity contribution in [2.24, 2.45) is 16.8 Å². The van der Waals surface area contributed by atoms with Crippen LogP contribution < -0.4 is 0 Å². The van der Waals surface area contributed by atoms with Crippen LogP contribution in [0.4, 0.5) is 0 Å². The fraction of sp³-hybridized carbons (Fsp3) is 0.850. The average Bonchev–Trinajstić information content (AvgIpc) is 2.59. The molecule has 0 saturated heterocycles. The first-order valence-corrected chi connectivity index (χ1v) is 9.82. The lowest BCUT2D eigenvalue weighted by molar-refractivity contribution is -0.146. The topological polar surface area (TPSA) is 85.7 Å². The summed E-state index contributed by atoms with van der Waals surface area (Å²) >= 11 is 0. The number of carbonyl (C=O) groups is 2. The minimum Gasteiger partial charge on any atom is -0.481 e. The fourth-order valence-electron chi connectivity index (χ4n) is 3.36. The highest BCUT2D eigenvalue weighted by atomic mass is 16.5. The maximum Gasteiger partial charge on any atom is 0.306 e. The molecule has 0 unspecified atom stereocenters. The Bertz CT molecular complexity index is 524. The van der Waals surface area contributed by atoms with Crippen molar-refractivity contribution < 1.29 is 19.4 Å². The first kappa shape index (κ1) is 26.2. The normalized spacial score (nSPS) is 15.4. The summed E-state index contributed by atoms with van der Waals surface area (Å²) in [6.07, 6.45) is 0.0672. The van der Waals surface area contributed by atoms with Gasteiger partial charge in [-0.15, -0.1) is 0 Å². The highest BCUT2D eigenvalue weighted by Gasteiger charge is 2.37. The van der Waals surface area contributed by atoms with Crippen LogP contribution in [0.3, 0.4) is 0 Å². The van der Waals surface area contributed by atoms with Crippen molar-refractivity contribution in [3.05, 3.63) is 0 Å². The molecular weight excluding hydrogens is 360 g/mol. The Morgan fingerprint density at radius 2 is 1.54 bits per heavy atom. The molecule has 8 nitrogen and oxygen atoms in total. The predicted molar refractivity (Wildman–Crippen MR) is 112 cm³/mol. The van der Waals surface area contributed by atoms with Crippen molar-refractivity contribution >= 4 is 17.8 Å². The van der Waals surface area contributed by atoms with Crippen molar-refractivity contribution in [1.29, 1.82) is 0 Å². The van der Waals surface area contributed by atoms with Gasteiger partial charge in [-0.2, -0.15) is 0 Å². The van der Waals surface area contributed by atoms with E-state index in [1.807, 2.05) is 65.7 Å². The molecule has 0 aromatic heterocycles. The SMILES string of the molecule is CC[C@H](C)[C@@H]([C@@H](CC(=O)O)OC)N(C)C(=O)[C@@H](N=C(N(C)C)N(C)C)C(C)C. The Balaban J connectivity index is 5.98. The first-order chi connectivity index (χ1) is 12.9. The second-order valence-corrected chi connectivity index (χ2v) is 8.10. The zero-order chi connectivity index (χ0) is 22.2. The average molecular weight is 401 g/mol. The highest BCUT2D eigenvalue weighted by Crippen LogP contribution is 2.24. The summed E-state index contributed by atoms with van der Waals surface area (Å²) < 4.78 is 5.49. The van der Waals surface area contributed by atoms with Crippen molar-refractivity contribution in [3.63, 3.8) is 0 Å². The maximum atomic E-state index is 13.4. The van der Waals surface area contributed by atoms with Crippen LogP contribution in [0.2, 0.25) is 0 Å². The van der Waals surface area contributed by atoms with Gasteiger partial charge in [0, 0.05) is 42.3 Å². The third-order valence-corrected chi connectivity index (χ3v) is 5.02. The maximum absolute atomic E-state index is 13.4. The van der Waals surface area contributed by atoms with E-state index in [0.717, 1.165) is 6.42 Å². The second-order valence-electron chi connectivity index (χ2n) is 8.10. The number of carbonyl (C=O) groups excluding carboxylic acids is 1. The van der Waals surface area contributed by atoms with E-state index < -0.39 is 18.1 Å². The van der Waals surface area contributed by atoms with Crippen LogP contribution in [-0.4, -0.2) is 98.2 Å². The standard InChI is InChI=1S/C20H40N4O4/c1-11-14(4)18(15(28-10)12-16(25)26)24(9)19(27)17(13(2)3)21-20(22(5)6)23(7)8/h13-15,17-18H,11-12H2,1-10H3,(H,25,26)/t14-,15+,17-,18-/m0/s1. The van der Waals surface area contributed by atoms with E-state index in [2.05, 4.69) is 0 Å². The number of likely N-dealkylation sites (N-methyl/N-ethyl adjacent to an activating group) is 1. The molecule has 0 aliphatic carbocycles. The lowest BCUT2D eigenvalue weighted by atomic mass is 9.90. The number of hydrogen-bond acceptors (Lipinski definition) is 4. The zero-order valence-electron chi connectivity index (χ0n) is 19.3. The number of carboxylic acids is 1. The van der Waals surface area contributed by atoms with Crippen LogP contribution in [0.15, 0.2) is 4.99 Å². The molecule has 0 aliphatic heterocycles. The third kappa shape index (κ3) is 7.30. The van der Waals surface area contributed by atoms with Gasteiger partial charge in [0.25, 0.3) is 0 Å². The summed E-state index contributed by atoms with van der Waals surface area (Å²) in [5.41, 5.74) is 0. The quantitative estimate of drug-likeness (QED) is 0.445. The van der Waals surface area contributed by atoms with Crippen LogP contribution in [0, 0.1) is 11.8 Å². The molecule has 0 saturated carbocycles. The van der Waals surface area contributed by atoms with Crippen molar-refractivity contribution in [2.45, 2.75) is 58.7 Å². The molecule has 0 aliphatic rings. The van der Waals surface area contributed by atoms with E-state index in [1.165, 1.54) is 7.11 Å². The summed E-state index contributed by atoms with van der Waals surface area (Å²) in [6, 6.07) is -0.920. The predicted octanol–water partition coefficient (Wildman–Crippen LogP) is 1.85. The van der Waals surface area contributed by atoms with Crippen LogP contribution in [0.5, 0.6) is 0 Å². The lowest BCUT2D eigenvalue weighted by Gasteiger charge is -2.39. The Hall–Kier alpha value is -1.83. The number of nitrogens with zero attached hydrogens (tertiary/aromatic N) is 4. The summed E-state index contributed by atoms with van der Waals surface area (Å²) in [7, 11) is 10.8. The smallest absolute Gasteiger partial charge is 0.306 e. The first-order valence-electron chi connectivity index (χ1n) is 9.82. The van der Waals surface area contributed by atoms with Gasteiger partial charge < -0.3 is 24.5 Å². The van der Waals surface area contributed by atoms with Crippen molar-refractivity contribution in [1.82, 2.24) is 14.7 Å². The van der Waals surface area contributed by atoms with Crippen LogP contribution in [-0.2, 0) is 14.3 Å². The fourth-order valence-corrected chi connectivity index (χ4v) is 3.36. The zero-order valence-corrected chi connectivity index (χ0v) is 19.3. The van der Waals surface area contributed by atoms with Gasteiger partial charge >= 0.3 is 5.97 Å². The molecular formula is C20H40N4O4. The summed E-state index contributed by atoms with van der Waals surface area (Å²) in [4.78, 5) is 34.8. The number of carboxylic acid groups (broad SMARTS) is 1. The van der Waals surface area contributed by atoms with E-state index in [1.54, 1.807) is 11.9 Å². The molecule has 0 bridgehead atoms. The van der Waals surface area contributed by atoms with E-state index in [0.29, 0.717) is 5.96 Å². The molecule has 0 fully saturated rings. The van der Waals surface area contributed by atoms with Gasteiger partial charge in [-0.25, -0.2) is 4.99 Å². The summed E-state index contributed by atoms with van der Waals surface area (Å²) in [5, 5.41) is 9.26. The molecule has 8 heteroatoms. The Morgan fingerprint density at radius 3 is 1.86 bits per heavy atom. The van der Waals surface area contributed by atoms with Crippen molar-refractivity contribution in [2.75, 3.05) is 42.3 Å². The summed E-state index contributed by atoms with van der Waals surface area (Å²) in [5.74, 6) is -0.301. The molecule has 0 heterocycles. The second kappa shape index (κ2) is 11.9. The van der Waals surface area contributed by atoms with Gasteiger partial charge in [0.15, 0.2) is 5.96 Å². The van der Waals surface area contributed by atoms with Crippen LogP contribution in [0.25, 0.3) is 0 Å². The number of amides is 1. The van der Waals surface area contributed by atoms with Gasteiger partial charge in [0.05, 0.1) is 18.6 Å². The molecule has 4 atom stereocenters. The minimum atomic E-state index is -0.943. The van der Waals surface area contributed by atoms with E-state index in [4.69, 9.17) is 9.73 Å². The Labute approximate surface area is 170 Å². The third-order valence-electron chi connectivity index (χ3n) is 5.02. The molecule has 1 N–H and O–H groups in total. The molecule has 164 valence electrons. The number of methoxy groups -OCH3 is 1. The van der Waals surface area contributed by atoms with Gasteiger partial charge in [-0.05, 0) is 11.8 Å². The lowest BCUT2D eigenvalue weighted by Crippen LogP contribution is -2.53. The van der Waals surface area contributed by atoms with Gasteiger partial charge in [-0.1, -0.05) is 34.1 Å². The number of hydrogen-bond donors (Lipinski definition) is 1. The van der Waals surface area contributed by atoms with Gasteiger partial charge in [0.1, 0.15) is 6.04 Å². The Kier molecular flexibility index (Phi) is 11.1. The number of aliphatic carboxylic acids is 1. The number of aliphatic imine (C=N–C) groups is 1. The number of guanidine groups is 1. The van der Waals surface area contributed by atoms with Gasteiger partial charge in [-0.3, -0.25) is 9.59 Å². The molecule has 0 aromatic carbocycles. The van der Waals surface area contributed by atoms with Crippen LogP contribution >= 0.6 is 0 Å². The molecule has 0 rings (SSSR count). The van der Waals surface area contributed by atoms with E-state index >= 15 is 0 Å². The van der Waals surface area contributed by atoms with E-state index in [-0.39, 0.29) is 30.2 Å². The summed E-state index contributed by atoms with van der Waals surface area (Å²) in [6.45, 7) is 7.97. The minimum absolute atomic E-state index is 0.0112. The molecule has 28 heavy (non-hydrogen) atoms. The molecule has 0 radical (unpaired) electrons. The van der Waals surface area contributed by atoms with E-state index in [9.17, 15) is 14.7 Å². The highest BCUT2D eigenvalue weighted by molar-refractivity contribution is 5.87. The van der Waals surface area contributed by atoms with Crippen LogP contribution in [0.1, 0.15) is 40.5 Å². The van der Waals surface area contributed by atoms with Gasteiger partial charge in [0.2, 0.25) is 5.91 Å². The molecule has 0 spiro atoms.